The van der Waals surface area contributed by atoms with Gasteiger partial charge in [0, 0.05) is 37.9 Å². The first-order chi connectivity index (χ1) is 14.0. The van der Waals surface area contributed by atoms with Crippen molar-refractivity contribution in [3.63, 3.8) is 0 Å². The molecule has 11 heteroatoms. The summed E-state index contributed by atoms with van der Waals surface area (Å²) in [7, 11) is 0. The number of anilines is 1. The van der Waals surface area contributed by atoms with Gasteiger partial charge in [0.25, 0.3) is 18.3 Å². The zero-order chi connectivity index (χ0) is 20.6. The van der Waals surface area contributed by atoms with Gasteiger partial charge >= 0.3 is 0 Å². The maximum atomic E-state index is 12.3. The molecule has 0 radical (unpaired) electrons. The summed E-state index contributed by atoms with van der Waals surface area (Å²) in [6.45, 7) is 5.47. The maximum absolute atomic E-state index is 12.3. The molecule has 2 N–H and O–H groups in total. The number of nitrogens with zero attached hydrogens (tertiary/aromatic N) is 4. The van der Waals surface area contributed by atoms with E-state index in [1.165, 1.54) is 0 Å². The first-order valence-electron chi connectivity index (χ1n) is 9.48. The summed E-state index contributed by atoms with van der Waals surface area (Å²) < 4.78 is 16.5. The Hall–Kier alpha value is -2.95. The van der Waals surface area contributed by atoms with Crippen molar-refractivity contribution < 1.29 is 28.5 Å². The summed E-state index contributed by atoms with van der Waals surface area (Å²) in [5.74, 6) is 2.23. The van der Waals surface area contributed by atoms with Crippen molar-refractivity contribution in [1.29, 1.82) is 0 Å². The third-order valence-corrected chi connectivity index (χ3v) is 5.94. The van der Waals surface area contributed by atoms with E-state index in [0.29, 0.717) is 35.8 Å². The Morgan fingerprint density at radius 3 is 2.86 bits per heavy atom. The number of fused-ring (bicyclic) bond motifs is 1. The van der Waals surface area contributed by atoms with Crippen LogP contribution in [0.1, 0.15) is 35.0 Å². The van der Waals surface area contributed by atoms with Gasteiger partial charge in [0.15, 0.2) is 5.69 Å². The van der Waals surface area contributed by atoms with Crippen LogP contribution in [0.15, 0.2) is 15.1 Å². The van der Waals surface area contributed by atoms with Crippen LogP contribution in [0.4, 0.5) is 5.95 Å². The Balaban J connectivity index is 0.000000645. The molecule has 156 valence electrons. The first-order valence-corrected chi connectivity index (χ1v) is 9.48. The van der Waals surface area contributed by atoms with E-state index >= 15 is 0 Å². The van der Waals surface area contributed by atoms with Gasteiger partial charge in [-0.2, -0.15) is 4.98 Å². The highest BCUT2D eigenvalue weighted by atomic mass is 16.5. The largest absolute Gasteiger partial charge is 0.483 e. The lowest BCUT2D eigenvalue weighted by Crippen LogP contribution is -2.42. The van der Waals surface area contributed by atoms with Gasteiger partial charge in [-0.15, -0.1) is 0 Å². The van der Waals surface area contributed by atoms with Gasteiger partial charge in [-0.1, -0.05) is 5.16 Å². The standard InChI is InChI=1S/C17H21N5O4.CH2O2/c1-9-5-13(20-25-9)15(23)18-6-11-12-7-22(16-19-10(2)26-21-16)8-17(12)4-3-14(11)24-17;2-1-3/h5,11-12,14H,3-4,6-8H2,1-2H3,(H,18,23);1H,(H,2,3)/t11-,12+,14+,17+;/m0./s1. The fourth-order valence-corrected chi connectivity index (χ4v) is 4.81. The summed E-state index contributed by atoms with van der Waals surface area (Å²) in [5, 5.41) is 17.7. The molecule has 2 aromatic rings. The van der Waals surface area contributed by atoms with Gasteiger partial charge in [-0.05, 0) is 24.9 Å². The number of ether oxygens (including phenoxy) is 1. The molecule has 0 aliphatic carbocycles. The van der Waals surface area contributed by atoms with Crippen LogP contribution in [0, 0.1) is 25.7 Å². The van der Waals surface area contributed by atoms with Crippen LogP contribution in [-0.2, 0) is 9.53 Å². The van der Waals surface area contributed by atoms with Crippen molar-refractivity contribution in [3.05, 3.63) is 23.4 Å². The molecule has 1 spiro atoms. The van der Waals surface area contributed by atoms with E-state index in [1.807, 2.05) is 0 Å². The molecule has 3 fully saturated rings. The quantitative estimate of drug-likeness (QED) is 0.700. The van der Waals surface area contributed by atoms with Crippen molar-refractivity contribution >= 4 is 18.3 Å². The van der Waals surface area contributed by atoms with Crippen LogP contribution in [-0.4, -0.2) is 64.1 Å². The van der Waals surface area contributed by atoms with E-state index < -0.39 is 0 Å². The second-order valence-corrected chi connectivity index (χ2v) is 7.66. The average Bonchev–Trinajstić information content (AvgIpc) is 3.46. The van der Waals surface area contributed by atoms with Crippen LogP contribution in [0.25, 0.3) is 0 Å². The number of amides is 1. The Kier molecular flexibility index (Phi) is 4.99. The number of carbonyl (C=O) groups excluding carboxylic acids is 1. The van der Waals surface area contributed by atoms with E-state index in [0.717, 1.165) is 25.9 Å². The molecule has 2 bridgehead atoms. The van der Waals surface area contributed by atoms with Crippen molar-refractivity contribution in [2.24, 2.45) is 11.8 Å². The van der Waals surface area contributed by atoms with Crippen LogP contribution in [0.2, 0.25) is 0 Å². The van der Waals surface area contributed by atoms with Crippen LogP contribution >= 0.6 is 0 Å². The number of hydrogen-bond acceptors (Lipinski definition) is 9. The van der Waals surface area contributed by atoms with Gasteiger partial charge < -0.3 is 29.1 Å². The van der Waals surface area contributed by atoms with Crippen LogP contribution < -0.4 is 10.2 Å². The fraction of sp³-hybridized carbons (Fsp3) is 0.611. The zero-order valence-corrected chi connectivity index (χ0v) is 16.2. The van der Waals surface area contributed by atoms with Crippen molar-refractivity contribution in [3.8, 4) is 0 Å². The lowest BCUT2D eigenvalue weighted by molar-refractivity contribution is -0.122. The van der Waals surface area contributed by atoms with Crippen LogP contribution in [0.5, 0.6) is 0 Å². The summed E-state index contributed by atoms with van der Waals surface area (Å²) in [5.41, 5.74) is 0.163. The highest BCUT2D eigenvalue weighted by molar-refractivity contribution is 5.92. The SMILES string of the molecule is Cc1cc(C(=O)NC[C@H]2[C@H]3CN(c4noc(C)n4)C[C@]34CC[C@H]2O4)no1.O=CO. The Morgan fingerprint density at radius 1 is 1.41 bits per heavy atom. The van der Waals surface area contributed by atoms with Gasteiger partial charge in [0.1, 0.15) is 5.76 Å². The smallest absolute Gasteiger partial charge is 0.290 e. The number of carboxylic acid groups (broad SMARTS) is 1. The lowest BCUT2D eigenvalue weighted by Gasteiger charge is -2.29. The zero-order valence-electron chi connectivity index (χ0n) is 16.2. The minimum Gasteiger partial charge on any atom is -0.483 e. The monoisotopic (exact) mass is 405 g/mol. The van der Waals surface area contributed by atoms with E-state index in [-0.39, 0.29) is 30.0 Å². The molecule has 2 aromatic heterocycles. The molecule has 3 aliphatic rings. The number of nitrogens with one attached hydrogen (secondary N) is 1. The Bertz CT molecular complexity index is 897. The highest BCUT2D eigenvalue weighted by Gasteiger charge is 2.63. The number of aromatic nitrogens is 3. The molecule has 3 aliphatic heterocycles. The number of carbonyl (C=O) groups is 2. The number of rotatable bonds is 4. The second kappa shape index (κ2) is 7.47. The van der Waals surface area contributed by atoms with Gasteiger partial charge in [-0.3, -0.25) is 9.59 Å². The van der Waals surface area contributed by atoms with Crippen molar-refractivity contribution in [2.45, 2.75) is 38.4 Å². The Morgan fingerprint density at radius 2 is 2.21 bits per heavy atom. The first kappa shape index (κ1) is 19.4. The molecule has 4 atom stereocenters. The number of aryl methyl sites for hydroxylation is 2. The van der Waals surface area contributed by atoms with E-state index in [9.17, 15) is 4.79 Å². The van der Waals surface area contributed by atoms with Crippen molar-refractivity contribution in [1.82, 2.24) is 20.6 Å². The molecule has 5 heterocycles. The summed E-state index contributed by atoms with van der Waals surface area (Å²) in [4.78, 5) is 27.1. The Labute approximate surface area is 166 Å². The minimum atomic E-state index is -0.250. The summed E-state index contributed by atoms with van der Waals surface area (Å²) in [6, 6.07) is 1.64. The van der Waals surface area contributed by atoms with E-state index in [4.69, 9.17) is 23.7 Å². The molecule has 0 aromatic carbocycles. The predicted molar refractivity (Wildman–Crippen MR) is 97.3 cm³/mol. The fourth-order valence-electron chi connectivity index (χ4n) is 4.81. The van der Waals surface area contributed by atoms with Crippen molar-refractivity contribution in [2.75, 3.05) is 24.5 Å². The van der Waals surface area contributed by atoms with Gasteiger partial charge in [0.05, 0.1) is 18.2 Å². The highest BCUT2D eigenvalue weighted by Crippen LogP contribution is 2.54. The number of hydrogen-bond donors (Lipinski definition) is 2. The molecule has 5 rings (SSSR count). The summed E-state index contributed by atoms with van der Waals surface area (Å²) in [6.07, 6.45) is 2.27. The second-order valence-electron chi connectivity index (χ2n) is 7.66. The topological polar surface area (TPSA) is 144 Å². The normalized spacial score (nSPS) is 29.3. The molecule has 1 amide bonds. The van der Waals surface area contributed by atoms with Gasteiger partial charge in [-0.25, -0.2) is 0 Å². The van der Waals surface area contributed by atoms with Gasteiger partial charge in [0.2, 0.25) is 5.89 Å². The molecular weight excluding hydrogens is 382 g/mol. The maximum Gasteiger partial charge on any atom is 0.290 e. The molecule has 0 saturated carbocycles. The predicted octanol–water partition coefficient (Wildman–Crippen LogP) is 0.789. The molecule has 29 heavy (non-hydrogen) atoms. The third-order valence-electron chi connectivity index (χ3n) is 5.94. The molecular formula is C18H23N5O6. The average molecular weight is 405 g/mol. The van der Waals surface area contributed by atoms with E-state index in [2.05, 4.69) is 25.5 Å². The van der Waals surface area contributed by atoms with Crippen LogP contribution in [0.3, 0.4) is 0 Å². The van der Waals surface area contributed by atoms with E-state index in [1.54, 1.807) is 19.9 Å². The molecule has 0 unspecified atom stereocenters. The molecule has 3 saturated heterocycles. The third kappa shape index (κ3) is 3.46. The molecule has 11 nitrogen and oxygen atoms in total. The minimum absolute atomic E-state index is 0.154. The lowest BCUT2D eigenvalue weighted by atomic mass is 9.73. The summed E-state index contributed by atoms with van der Waals surface area (Å²) >= 11 is 0.